The van der Waals surface area contributed by atoms with Crippen molar-refractivity contribution in [1.29, 1.82) is 0 Å². The van der Waals surface area contributed by atoms with E-state index in [9.17, 15) is 0 Å². The number of nitrogens with zero attached hydrogens (tertiary/aromatic N) is 2. The Kier molecular flexibility index (Phi) is 3.31. The summed E-state index contributed by atoms with van der Waals surface area (Å²) in [5.74, 6) is 1.35. The van der Waals surface area contributed by atoms with Gasteiger partial charge in [-0.2, -0.15) is 0 Å². The molecule has 1 unspecified atom stereocenters. The van der Waals surface area contributed by atoms with Crippen molar-refractivity contribution in [3.63, 3.8) is 0 Å². The van der Waals surface area contributed by atoms with Gasteiger partial charge in [-0.1, -0.05) is 24.3 Å². The number of nitrogens with one attached hydrogen (secondary N) is 1. The minimum atomic E-state index is 0.406. The zero-order valence-electron chi connectivity index (χ0n) is 11.0. The Labute approximate surface area is 112 Å². The lowest BCUT2D eigenvalue weighted by molar-refractivity contribution is 0.410. The number of rotatable bonds is 3. The second-order valence-corrected chi connectivity index (χ2v) is 4.80. The fourth-order valence-corrected chi connectivity index (χ4v) is 2.50. The smallest absolute Gasteiger partial charge is 0.223 e. The van der Waals surface area contributed by atoms with E-state index in [0.29, 0.717) is 17.7 Å². The highest BCUT2D eigenvalue weighted by Crippen LogP contribution is 2.22. The van der Waals surface area contributed by atoms with E-state index in [0.717, 1.165) is 19.3 Å². The van der Waals surface area contributed by atoms with Gasteiger partial charge in [0.25, 0.3) is 0 Å². The molecule has 19 heavy (non-hydrogen) atoms. The molecule has 3 rings (SSSR count). The van der Waals surface area contributed by atoms with Crippen LogP contribution >= 0.6 is 0 Å². The first-order chi connectivity index (χ1) is 9.35. The maximum Gasteiger partial charge on any atom is 0.223 e. The molecule has 1 aromatic carbocycles. The fourth-order valence-electron chi connectivity index (χ4n) is 2.50. The van der Waals surface area contributed by atoms with Crippen LogP contribution in [-0.2, 0) is 12.8 Å². The van der Waals surface area contributed by atoms with E-state index in [1.807, 2.05) is 0 Å². The monoisotopic (exact) mass is 255 g/mol. The summed E-state index contributed by atoms with van der Waals surface area (Å²) in [4.78, 5) is 8.50. The van der Waals surface area contributed by atoms with Crippen molar-refractivity contribution in [1.82, 2.24) is 9.97 Å². The van der Waals surface area contributed by atoms with Crippen LogP contribution in [-0.4, -0.2) is 23.1 Å². The Balaban J connectivity index is 1.68. The first-order valence-corrected chi connectivity index (χ1v) is 6.54. The Morgan fingerprint density at radius 1 is 1.16 bits per heavy atom. The summed E-state index contributed by atoms with van der Waals surface area (Å²) in [7, 11) is 1.61. The molecular weight excluding hydrogens is 238 g/mol. The van der Waals surface area contributed by atoms with Crippen molar-refractivity contribution in [2.75, 3.05) is 12.4 Å². The quantitative estimate of drug-likeness (QED) is 0.915. The summed E-state index contributed by atoms with van der Waals surface area (Å²) in [6.45, 7) is 0. The Morgan fingerprint density at radius 3 is 2.63 bits per heavy atom. The van der Waals surface area contributed by atoms with Crippen LogP contribution in [0.3, 0.4) is 0 Å². The highest BCUT2D eigenvalue weighted by atomic mass is 16.5. The average molecular weight is 255 g/mol. The third kappa shape index (κ3) is 2.67. The van der Waals surface area contributed by atoms with E-state index in [2.05, 4.69) is 39.6 Å². The van der Waals surface area contributed by atoms with Crippen LogP contribution in [0.25, 0.3) is 0 Å². The SMILES string of the molecule is COc1cnc(NC2CCc3ccccc3C2)nc1. The molecule has 0 radical (unpaired) electrons. The van der Waals surface area contributed by atoms with E-state index in [1.54, 1.807) is 19.5 Å². The largest absolute Gasteiger partial charge is 0.494 e. The molecule has 98 valence electrons. The Hall–Kier alpha value is -2.10. The predicted molar refractivity (Wildman–Crippen MR) is 74.5 cm³/mol. The van der Waals surface area contributed by atoms with E-state index >= 15 is 0 Å². The van der Waals surface area contributed by atoms with E-state index in [-0.39, 0.29) is 0 Å². The topological polar surface area (TPSA) is 47.0 Å². The van der Waals surface area contributed by atoms with Crippen LogP contribution in [0, 0.1) is 0 Å². The summed E-state index contributed by atoms with van der Waals surface area (Å²) in [5, 5.41) is 3.40. The number of anilines is 1. The number of hydrogen-bond acceptors (Lipinski definition) is 4. The van der Waals surface area contributed by atoms with Crippen molar-refractivity contribution in [2.45, 2.75) is 25.3 Å². The number of fused-ring (bicyclic) bond motifs is 1. The maximum absolute atomic E-state index is 5.05. The van der Waals surface area contributed by atoms with Crippen LogP contribution in [0.15, 0.2) is 36.7 Å². The fraction of sp³-hybridized carbons (Fsp3) is 0.333. The van der Waals surface area contributed by atoms with Gasteiger partial charge in [0.1, 0.15) is 0 Å². The lowest BCUT2D eigenvalue weighted by Crippen LogP contribution is -2.28. The minimum Gasteiger partial charge on any atom is -0.494 e. The number of ether oxygens (including phenoxy) is 1. The molecule has 4 heteroatoms. The van der Waals surface area contributed by atoms with Crippen molar-refractivity contribution in [2.24, 2.45) is 0 Å². The van der Waals surface area contributed by atoms with Gasteiger partial charge < -0.3 is 10.1 Å². The molecule has 4 nitrogen and oxygen atoms in total. The van der Waals surface area contributed by atoms with E-state index in [4.69, 9.17) is 4.74 Å². The minimum absolute atomic E-state index is 0.406. The van der Waals surface area contributed by atoms with Gasteiger partial charge in [0.2, 0.25) is 5.95 Å². The number of methoxy groups -OCH3 is 1. The number of aryl methyl sites for hydroxylation is 1. The summed E-state index contributed by atoms with van der Waals surface area (Å²) >= 11 is 0. The molecule has 0 saturated carbocycles. The summed E-state index contributed by atoms with van der Waals surface area (Å²) in [6, 6.07) is 9.04. The molecule has 1 aromatic heterocycles. The summed E-state index contributed by atoms with van der Waals surface area (Å²) in [5.41, 5.74) is 2.90. The molecule has 1 N–H and O–H groups in total. The van der Waals surface area contributed by atoms with Gasteiger partial charge >= 0.3 is 0 Å². The van der Waals surface area contributed by atoms with E-state index < -0.39 is 0 Å². The van der Waals surface area contributed by atoms with Gasteiger partial charge in [-0.05, 0) is 30.4 Å². The molecule has 0 aliphatic heterocycles. The summed E-state index contributed by atoms with van der Waals surface area (Å²) < 4.78 is 5.05. The van der Waals surface area contributed by atoms with Gasteiger partial charge in [0.05, 0.1) is 19.5 Å². The van der Waals surface area contributed by atoms with Gasteiger partial charge in [0, 0.05) is 6.04 Å². The molecule has 0 bridgehead atoms. The van der Waals surface area contributed by atoms with Crippen LogP contribution in [0.4, 0.5) is 5.95 Å². The standard InChI is InChI=1S/C15H17N3O/c1-19-14-9-16-15(17-10-14)18-13-7-6-11-4-2-3-5-12(11)8-13/h2-5,9-10,13H,6-8H2,1H3,(H,16,17,18). The molecule has 0 fully saturated rings. The zero-order valence-corrected chi connectivity index (χ0v) is 11.0. The first-order valence-electron chi connectivity index (χ1n) is 6.54. The van der Waals surface area contributed by atoms with Crippen LogP contribution in [0.1, 0.15) is 17.5 Å². The van der Waals surface area contributed by atoms with Crippen LogP contribution in [0.5, 0.6) is 5.75 Å². The van der Waals surface area contributed by atoms with Crippen molar-refractivity contribution in [3.05, 3.63) is 47.8 Å². The van der Waals surface area contributed by atoms with Crippen LogP contribution < -0.4 is 10.1 Å². The van der Waals surface area contributed by atoms with Gasteiger partial charge in [0.15, 0.2) is 5.75 Å². The third-order valence-corrected chi connectivity index (χ3v) is 3.54. The van der Waals surface area contributed by atoms with Gasteiger partial charge in [-0.3, -0.25) is 0 Å². The van der Waals surface area contributed by atoms with Crippen molar-refractivity contribution >= 4 is 5.95 Å². The molecular formula is C15H17N3O. The summed E-state index contributed by atoms with van der Waals surface area (Å²) in [6.07, 6.45) is 6.64. The number of benzene rings is 1. The molecule has 0 saturated heterocycles. The first kappa shape index (κ1) is 12.0. The Morgan fingerprint density at radius 2 is 1.89 bits per heavy atom. The molecule has 1 aliphatic rings. The second-order valence-electron chi connectivity index (χ2n) is 4.80. The number of hydrogen-bond donors (Lipinski definition) is 1. The third-order valence-electron chi connectivity index (χ3n) is 3.54. The second kappa shape index (κ2) is 5.26. The van der Waals surface area contributed by atoms with Gasteiger partial charge in [-0.25, -0.2) is 9.97 Å². The predicted octanol–water partition coefficient (Wildman–Crippen LogP) is 2.45. The maximum atomic E-state index is 5.05. The van der Waals surface area contributed by atoms with Crippen LogP contribution in [0.2, 0.25) is 0 Å². The molecule has 0 spiro atoms. The highest BCUT2D eigenvalue weighted by molar-refractivity contribution is 5.35. The van der Waals surface area contributed by atoms with Gasteiger partial charge in [-0.15, -0.1) is 0 Å². The molecule has 2 aromatic rings. The van der Waals surface area contributed by atoms with E-state index in [1.165, 1.54) is 11.1 Å². The average Bonchev–Trinajstić information content (AvgIpc) is 2.48. The Bertz CT molecular complexity index is 554. The molecule has 0 amide bonds. The normalized spacial score (nSPS) is 17.6. The molecule has 1 aliphatic carbocycles. The lowest BCUT2D eigenvalue weighted by Gasteiger charge is -2.25. The number of aromatic nitrogens is 2. The lowest BCUT2D eigenvalue weighted by atomic mass is 9.88. The van der Waals surface area contributed by atoms with Crippen molar-refractivity contribution < 1.29 is 4.74 Å². The van der Waals surface area contributed by atoms with Crippen molar-refractivity contribution in [3.8, 4) is 5.75 Å². The molecule has 1 heterocycles. The molecule has 1 atom stereocenters. The highest BCUT2D eigenvalue weighted by Gasteiger charge is 2.18. The zero-order chi connectivity index (χ0) is 13.1.